The normalized spacial score (nSPS) is 14.4. The lowest BCUT2D eigenvalue weighted by Crippen LogP contribution is -2.29. The third kappa shape index (κ3) is 4.20. The van der Waals surface area contributed by atoms with Crippen molar-refractivity contribution in [1.82, 2.24) is 25.3 Å². The number of hydrogen-bond donors (Lipinski definition) is 6. The van der Waals surface area contributed by atoms with Gasteiger partial charge in [0.25, 0.3) is 0 Å². The second-order valence-corrected chi connectivity index (χ2v) is 6.01. The summed E-state index contributed by atoms with van der Waals surface area (Å²) in [4.78, 5) is 12.1. The van der Waals surface area contributed by atoms with Crippen molar-refractivity contribution >= 4 is 22.8 Å². The van der Waals surface area contributed by atoms with E-state index < -0.39 is 0 Å². The Labute approximate surface area is 146 Å². The lowest BCUT2D eigenvalue weighted by atomic mass is 10.3. The van der Waals surface area contributed by atoms with Crippen molar-refractivity contribution < 1.29 is 5.11 Å². The fraction of sp³-hybridized carbons (Fsp3) is 0.375. The molecule has 0 unspecified atom stereocenters. The average molecular weight is 344 g/mol. The van der Waals surface area contributed by atoms with Crippen LogP contribution in [0.25, 0.3) is 11.0 Å². The van der Waals surface area contributed by atoms with Crippen LogP contribution >= 0.6 is 0 Å². The number of aromatic amines is 1. The summed E-state index contributed by atoms with van der Waals surface area (Å²) in [6.07, 6.45) is 5.95. The van der Waals surface area contributed by atoms with Crippen LogP contribution in [-0.4, -0.2) is 45.3 Å². The molecule has 1 aliphatic rings. The molecule has 0 aliphatic heterocycles. The molecule has 7 N–H and O–H groups in total. The Morgan fingerprint density at radius 3 is 3.00 bits per heavy atom. The molecule has 0 radical (unpaired) electrons. The summed E-state index contributed by atoms with van der Waals surface area (Å²) in [5.41, 5.74) is 1.11. The van der Waals surface area contributed by atoms with Crippen molar-refractivity contribution in [1.29, 1.82) is 0 Å². The van der Waals surface area contributed by atoms with Crippen LogP contribution in [0, 0.1) is 5.92 Å². The summed E-state index contributed by atoms with van der Waals surface area (Å²) in [5.74, 6) is 8.33. The number of fused-ring (bicyclic) bond motifs is 1. The Morgan fingerprint density at radius 1 is 1.52 bits per heavy atom. The Hall–Kier alpha value is -2.78. The second-order valence-electron chi connectivity index (χ2n) is 6.01. The zero-order valence-electron chi connectivity index (χ0n) is 14.2. The molecule has 25 heavy (non-hydrogen) atoms. The van der Waals surface area contributed by atoms with Crippen molar-refractivity contribution in [3.05, 3.63) is 36.6 Å². The Balaban J connectivity index is 1.81. The number of aromatic nitrogens is 3. The van der Waals surface area contributed by atoms with Gasteiger partial charge in [0.1, 0.15) is 17.3 Å². The van der Waals surface area contributed by atoms with Crippen molar-refractivity contribution in [3.63, 3.8) is 0 Å². The molecule has 1 saturated carbocycles. The molecule has 9 heteroatoms. The maximum Gasteiger partial charge on any atom is 0.232 e. The number of nitrogens with zero attached hydrogens (tertiary/aromatic N) is 3. The largest absolute Gasteiger partial charge is 0.390 e. The van der Waals surface area contributed by atoms with Crippen LogP contribution < -0.4 is 21.8 Å². The van der Waals surface area contributed by atoms with E-state index in [-0.39, 0.29) is 6.61 Å². The minimum absolute atomic E-state index is 0.232. The molecule has 2 heterocycles. The Morgan fingerprint density at radius 2 is 2.32 bits per heavy atom. The minimum atomic E-state index is -0.232. The van der Waals surface area contributed by atoms with E-state index in [4.69, 9.17) is 10.9 Å². The summed E-state index contributed by atoms with van der Waals surface area (Å²) in [7, 11) is 1.74. The highest BCUT2D eigenvalue weighted by atomic mass is 16.3. The first kappa shape index (κ1) is 17.1. The van der Waals surface area contributed by atoms with E-state index in [1.807, 2.05) is 12.3 Å². The molecular weight excluding hydrogens is 320 g/mol. The van der Waals surface area contributed by atoms with Crippen molar-refractivity contribution in [2.75, 3.05) is 30.8 Å². The molecule has 0 bridgehead atoms. The van der Waals surface area contributed by atoms with Gasteiger partial charge in [0, 0.05) is 19.8 Å². The molecule has 134 valence electrons. The molecule has 0 atom stereocenters. The zero-order chi connectivity index (χ0) is 17.8. The zero-order valence-corrected chi connectivity index (χ0v) is 14.2. The molecule has 2 aromatic rings. The van der Waals surface area contributed by atoms with E-state index in [0.29, 0.717) is 17.5 Å². The highest BCUT2D eigenvalue weighted by molar-refractivity contribution is 5.88. The smallest absolute Gasteiger partial charge is 0.232 e. The van der Waals surface area contributed by atoms with E-state index >= 15 is 0 Å². The third-order valence-corrected chi connectivity index (χ3v) is 4.00. The predicted molar refractivity (Wildman–Crippen MR) is 98.1 cm³/mol. The molecular formula is C16H24N8O. The topological polar surface area (TPSA) is 127 Å². The van der Waals surface area contributed by atoms with Crippen LogP contribution in [0.5, 0.6) is 0 Å². The highest BCUT2D eigenvalue weighted by Gasteiger charge is 2.21. The Bertz CT molecular complexity index is 780. The molecule has 0 amide bonds. The first-order chi connectivity index (χ1) is 12.1. The molecule has 0 aromatic carbocycles. The van der Waals surface area contributed by atoms with Gasteiger partial charge in [0.05, 0.1) is 23.9 Å². The van der Waals surface area contributed by atoms with Gasteiger partial charge in [0.15, 0.2) is 0 Å². The quantitative estimate of drug-likeness (QED) is 0.292. The summed E-state index contributed by atoms with van der Waals surface area (Å²) >= 11 is 0. The van der Waals surface area contributed by atoms with Gasteiger partial charge >= 0.3 is 0 Å². The fourth-order valence-electron chi connectivity index (χ4n) is 2.29. The van der Waals surface area contributed by atoms with Crippen LogP contribution in [0.1, 0.15) is 12.8 Å². The summed E-state index contributed by atoms with van der Waals surface area (Å²) in [6, 6.07) is 1.95. The number of nitrogens with two attached hydrogens (primary N) is 1. The molecule has 0 spiro atoms. The van der Waals surface area contributed by atoms with Crippen molar-refractivity contribution in [3.8, 4) is 0 Å². The van der Waals surface area contributed by atoms with Gasteiger partial charge in [-0.3, -0.25) is 5.01 Å². The van der Waals surface area contributed by atoms with Gasteiger partial charge < -0.3 is 26.0 Å². The number of hydrazine groups is 1. The number of rotatable bonds is 9. The van der Waals surface area contributed by atoms with Crippen LogP contribution in [0.4, 0.5) is 11.8 Å². The molecule has 3 rings (SSSR count). The summed E-state index contributed by atoms with van der Waals surface area (Å²) in [6.45, 7) is 4.35. The lowest BCUT2D eigenvalue weighted by molar-refractivity contribution is 0.288. The Kier molecular flexibility index (Phi) is 5.05. The van der Waals surface area contributed by atoms with Crippen LogP contribution in [0.3, 0.4) is 0 Å². The number of nitrogens with one attached hydrogen (secondary N) is 4. The van der Waals surface area contributed by atoms with Gasteiger partial charge in [-0.1, -0.05) is 6.58 Å². The number of hydrogen-bond acceptors (Lipinski definition) is 8. The van der Waals surface area contributed by atoms with Crippen molar-refractivity contribution in [2.24, 2.45) is 11.8 Å². The number of H-pyrrole nitrogens is 1. The third-order valence-electron chi connectivity index (χ3n) is 4.00. The molecule has 0 saturated heterocycles. The van der Waals surface area contributed by atoms with Gasteiger partial charge in [-0.05, 0) is 24.8 Å². The van der Waals surface area contributed by atoms with Crippen LogP contribution in [0.2, 0.25) is 0 Å². The van der Waals surface area contributed by atoms with Gasteiger partial charge in [-0.25, -0.2) is 5.84 Å². The van der Waals surface area contributed by atoms with Crippen LogP contribution in [0.15, 0.2) is 36.6 Å². The molecule has 9 nitrogen and oxygen atoms in total. The SMILES string of the molecule is C=C(CO)N(N)/C=C(\NC)Nc1nc(NCC2CC2)c2cc[nH]c2n1. The predicted octanol–water partition coefficient (Wildman–Crippen LogP) is 0.892. The van der Waals surface area contributed by atoms with Crippen LogP contribution in [-0.2, 0) is 0 Å². The van der Waals surface area contributed by atoms with E-state index in [0.717, 1.165) is 29.3 Å². The maximum atomic E-state index is 9.09. The minimum Gasteiger partial charge on any atom is -0.390 e. The fourth-order valence-corrected chi connectivity index (χ4v) is 2.29. The van der Waals surface area contributed by atoms with Crippen molar-refractivity contribution in [2.45, 2.75) is 12.8 Å². The molecule has 1 aliphatic carbocycles. The average Bonchev–Trinajstić information content (AvgIpc) is 3.33. The maximum absolute atomic E-state index is 9.09. The number of aliphatic hydroxyl groups is 1. The van der Waals surface area contributed by atoms with Gasteiger partial charge in [-0.2, -0.15) is 9.97 Å². The van der Waals surface area contributed by atoms with E-state index in [9.17, 15) is 0 Å². The highest BCUT2D eigenvalue weighted by Crippen LogP contribution is 2.30. The molecule has 2 aromatic heterocycles. The first-order valence-corrected chi connectivity index (χ1v) is 8.19. The first-order valence-electron chi connectivity index (χ1n) is 8.19. The summed E-state index contributed by atoms with van der Waals surface area (Å²) < 4.78 is 0. The molecule has 1 fully saturated rings. The number of aliphatic hydroxyl groups excluding tert-OH is 1. The van der Waals surface area contributed by atoms with E-state index in [1.54, 1.807) is 13.2 Å². The monoisotopic (exact) mass is 344 g/mol. The second kappa shape index (κ2) is 7.41. The van der Waals surface area contributed by atoms with Gasteiger partial charge in [0.2, 0.25) is 5.95 Å². The van der Waals surface area contributed by atoms with E-state index in [1.165, 1.54) is 17.9 Å². The standard InChI is InChI=1S/C16H24N8O/c1-10(9-25)24(17)8-13(18-2)21-16-22-14-12(5-6-19-14)15(23-16)20-7-11-3-4-11/h5-6,8,11,18,25H,1,3-4,7,9,17H2,2H3,(H3,19,20,21,22,23)/b13-8+. The lowest BCUT2D eigenvalue weighted by Gasteiger charge is -2.18. The number of anilines is 2. The summed E-state index contributed by atoms with van der Waals surface area (Å²) in [5, 5.41) is 20.7. The van der Waals surface area contributed by atoms with E-state index in [2.05, 4.69) is 37.5 Å². The van der Waals surface area contributed by atoms with Gasteiger partial charge in [-0.15, -0.1) is 0 Å².